The van der Waals surface area contributed by atoms with E-state index >= 15 is 0 Å². The molecule has 6 nitrogen and oxygen atoms in total. The number of rotatable bonds is 3. The second kappa shape index (κ2) is 8.04. The van der Waals surface area contributed by atoms with Crippen molar-refractivity contribution in [3.63, 3.8) is 0 Å². The average molecular weight is 341 g/mol. The second-order valence-corrected chi connectivity index (χ2v) is 4.77. The van der Waals surface area contributed by atoms with Crippen molar-refractivity contribution in [1.82, 2.24) is 4.98 Å². The number of benzene rings is 1. The fourth-order valence-electron chi connectivity index (χ4n) is 1.67. The van der Waals surface area contributed by atoms with Gasteiger partial charge in [-0.1, -0.05) is 6.07 Å². The van der Waals surface area contributed by atoms with E-state index in [1.807, 2.05) is 0 Å². The minimum atomic E-state index is -4.28. The number of amides is 1. The number of hydrogen-bond donors (Lipinski definition) is 1. The van der Waals surface area contributed by atoms with Gasteiger partial charge in [0.05, 0.1) is 10.5 Å². The molecule has 2 rings (SSSR count). The predicted molar refractivity (Wildman–Crippen MR) is 81.5 cm³/mol. The summed E-state index contributed by atoms with van der Waals surface area (Å²) in [5, 5.41) is 12.8. The van der Waals surface area contributed by atoms with Crippen LogP contribution in [0, 0.1) is 24.0 Å². The molecule has 1 amide bonds. The van der Waals surface area contributed by atoms with Gasteiger partial charge in [0.25, 0.3) is 5.69 Å². The lowest BCUT2D eigenvalue weighted by atomic mass is 10.2. The summed E-state index contributed by atoms with van der Waals surface area (Å²) in [6.45, 7) is 3.21. The van der Waals surface area contributed by atoms with Crippen LogP contribution in [0.25, 0.3) is 0 Å². The summed E-state index contributed by atoms with van der Waals surface area (Å²) in [4.78, 5) is 23.5. The van der Waals surface area contributed by atoms with Gasteiger partial charge in [0.15, 0.2) is 0 Å². The monoisotopic (exact) mass is 341 g/mol. The van der Waals surface area contributed by atoms with Gasteiger partial charge in [-0.3, -0.25) is 19.9 Å². The Balaban J connectivity index is 0.000000243. The number of aryl methyl sites for hydroxylation is 2. The van der Waals surface area contributed by atoms with Crippen LogP contribution in [0.4, 0.5) is 24.5 Å². The summed E-state index contributed by atoms with van der Waals surface area (Å²) in [5.74, 6) is 0. The number of carbonyl (C=O) groups excluding carboxylic acids is 1. The fraction of sp³-hybridized carbons (Fsp3) is 0.200. The number of nitrogens with zero attached hydrogens (tertiary/aromatic N) is 2. The first-order chi connectivity index (χ1) is 11.1. The molecule has 0 radical (unpaired) electrons. The Labute approximate surface area is 135 Å². The topological polar surface area (TPSA) is 85.1 Å². The standard InChI is InChI=1S/C8H8N2O3.C7H6F3N/c1-6-2-3-7(9-5-11)4-8(6)10(12)13;1-5-2-6(4-11-3-5)7(8,9)10/h2-5H,1H3,(H,9,11);2-4H,1H3. The molecule has 0 aliphatic carbocycles. The molecule has 9 heteroatoms. The number of nitro groups is 1. The Kier molecular flexibility index (Phi) is 6.39. The molecular weight excluding hydrogens is 327 g/mol. The maximum atomic E-state index is 11.9. The number of alkyl halides is 3. The van der Waals surface area contributed by atoms with Gasteiger partial charge < -0.3 is 5.32 Å². The van der Waals surface area contributed by atoms with E-state index in [-0.39, 0.29) is 5.69 Å². The Bertz CT molecular complexity index is 733. The zero-order valence-electron chi connectivity index (χ0n) is 12.8. The van der Waals surface area contributed by atoms with E-state index in [2.05, 4.69) is 10.3 Å². The Morgan fingerprint density at radius 3 is 2.33 bits per heavy atom. The van der Waals surface area contributed by atoms with Crippen LogP contribution in [0.15, 0.2) is 36.7 Å². The first-order valence-electron chi connectivity index (χ1n) is 6.59. The minimum absolute atomic E-state index is 0.00634. The van der Waals surface area contributed by atoms with Crippen molar-refractivity contribution in [1.29, 1.82) is 0 Å². The van der Waals surface area contributed by atoms with E-state index < -0.39 is 16.7 Å². The van der Waals surface area contributed by atoms with E-state index in [0.717, 1.165) is 12.3 Å². The highest BCUT2D eigenvalue weighted by Gasteiger charge is 2.30. The Morgan fingerprint density at radius 1 is 1.21 bits per heavy atom. The molecule has 0 fully saturated rings. The van der Waals surface area contributed by atoms with Gasteiger partial charge in [-0.05, 0) is 31.5 Å². The van der Waals surface area contributed by atoms with Crippen LogP contribution in [0.2, 0.25) is 0 Å². The summed E-state index contributed by atoms with van der Waals surface area (Å²) >= 11 is 0. The highest BCUT2D eigenvalue weighted by Crippen LogP contribution is 2.28. The molecule has 24 heavy (non-hydrogen) atoms. The van der Waals surface area contributed by atoms with Crippen molar-refractivity contribution in [2.75, 3.05) is 5.32 Å². The maximum Gasteiger partial charge on any atom is 0.417 e. The van der Waals surface area contributed by atoms with Gasteiger partial charge >= 0.3 is 6.18 Å². The lowest BCUT2D eigenvalue weighted by Crippen LogP contribution is -2.05. The van der Waals surface area contributed by atoms with E-state index in [1.54, 1.807) is 26.0 Å². The maximum absolute atomic E-state index is 11.9. The number of pyridine rings is 1. The van der Waals surface area contributed by atoms with Gasteiger partial charge in [0.1, 0.15) is 0 Å². The molecule has 0 spiro atoms. The summed E-state index contributed by atoms with van der Waals surface area (Å²) in [6, 6.07) is 5.58. The molecule has 128 valence electrons. The predicted octanol–water partition coefficient (Wildman–Crippen LogP) is 3.88. The first kappa shape index (κ1) is 19.1. The lowest BCUT2D eigenvalue weighted by molar-refractivity contribution is -0.385. The number of aromatic nitrogens is 1. The number of halogens is 3. The Hall–Kier alpha value is -2.97. The smallest absolute Gasteiger partial charge is 0.328 e. The molecule has 0 aliphatic rings. The van der Waals surface area contributed by atoms with Crippen molar-refractivity contribution in [3.8, 4) is 0 Å². The number of nitro benzene ring substituents is 1. The SMILES string of the molecule is Cc1ccc(NC=O)cc1[N+](=O)[O-].Cc1cncc(C(F)(F)F)c1. The number of nitrogens with one attached hydrogen (secondary N) is 1. The quantitative estimate of drug-likeness (QED) is 0.521. The summed E-state index contributed by atoms with van der Waals surface area (Å²) in [5.41, 5.74) is 0.818. The van der Waals surface area contributed by atoms with Crippen molar-refractivity contribution < 1.29 is 22.9 Å². The van der Waals surface area contributed by atoms with Crippen molar-refractivity contribution >= 4 is 17.8 Å². The molecule has 1 aromatic heterocycles. The number of anilines is 1. The van der Waals surface area contributed by atoms with Crippen molar-refractivity contribution in [2.45, 2.75) is 20.0 Å². The van der Waals surface area contributed by atoms with Crippen LogP contribution in [-0.2, 0) is 11.0 Å². The van der Waals surface area contributed by atoms with Crippen LogP contribution in [0.5, 0.6) is 0 Å². The third kappa shape index (κ3) is 5.67. The van der Waals surface area contributed by atoms with E-state index in [1.165, 1.54) is 12.3 Å². The zero-order chi connectivity index (χ0) is 18.3. The Morgan fingerprint density at radius 2 is 1.88 bits per heavy atom. The number of hydrogen-bond acceptors (Lipinski definition) is 4. The molecular formula is C15H14F3N3O3. The molecule has 2 aromatic rings. The van der Waals surface area contributed by atoms with Crippen LogP contribution in [0.3, 0.4) is 0 Å². The first-order valence-corrected chi connectivity index (χ1v) is 6.59. The van der Waals surface area contributed by atoms with Crippen molar-refractivity contribution in [2.24, 2.45) is 0 Å². The molecule has 1 N–H and O–H groups in total. The summed E-state index contributed by atoms with van der Waals surface area (Å²) in [6.07, 6.45) is -1.60. The van der Waals surface area contributed by atoms with Crippen LogP contribution in [-0.4, -0.2) is 16.3 Å². The molecule has 1 heterocycles. The fourth-order valence-corrected chi connectivity index (χ4v) is 1.67. The summed E-state index contributed by atoms with van der Waals surface area (Å²) in [7, 11) is 0. The number of carbonyl (C=O) groups is 1. The van der Waals surface area contributed by atoms with E-state index in [9.17, 15) is 28.1 Å². The second-order valence-electron chi connectivity index (χ2n) is 4.77. The van der Waals surface area contributed by atoms with Gasteiger partial charge in [-0.15, -0.1) is 0 Å². The molecule has 1 aromatic carbocycles. The minimum Gasteiger partial charge on any atom is -0.328 e. The highest BCUT2D eigenvalue weighted by molar-refractivity contribution is 5.72. The molecule has 0 atom stereocenters. The third-order valence-corrected chi connectivity index (χ3v) is 2.83. The molecule has 0 saturated heterocycles. The van der Waals surface area contributed by atoms with Gasteiger partial charge in [0, 0.05) is 29.7 Å². The molecule has 0 aliphatic heterocycles. The van der Waals surface area contributed by atoms with E-state index in [4.69, 9.17) is 0 Å². The molecule has 0 bridgehead atoms. The van der Waals surface area contributed by atoms with Crippen LogP contribution < -0.4 is 5.32 Å². The van der Waals surface area contributed by atoms with Crippen LogP contribution >= 0.6 is 0 Å². The zero-order valence-corrected chi connectivity index (χ0v) is 12.8. The average Bonchev–Trinajstić information content (AvgIpc) is 2.49. The lowest BCUT2D eigenvalue weighted by Gasteiger charge is -2.05. The molecule has 0 saturated carbocycles. The van der Waals surface area contributed by atoms with Gasteiger partial charge in [-0.2, -0.15) is 13.2 Å². The van der Waals surface area contributed by atoms with E-state index in [0.29, 0.717) is 23.2 Å². The van der Waals surface area contributed by atoms with Gasteiger partial charge in [0.2, 0.25) is 6.41 Å². The third-order valence-electron chi connectivity index (χ3n) is 2.83. The normalized spacial score (nSPS) is 10.4. The largest absolute Gasteiger partial charge is 0.417 e. The molecule has 0 unspecified atom stereocenters. The van der Waals surface area contributed by atoms with Gasteiger partial charge in [-0.25, -0.2) is 0 Å². The highest BCUT2D eigenvalue weighted by atomic mass is 19.4. The van der Waals surface area contributed by atoms with Crippen molar-refractivity contribution in [3.05, 3.63) is 63.5 Å². The summed E-state index contributed by atoms with van der Waals surface area (Å²) < 4.78 is 35.8. The van der Waals surface area contributed by atoms with Crippen LogP contribution in [0.1, 0.15) is 16.7 Å².